The number of benzene rings is 2. The number of aromatic carboxylic acids is 1. The summed E-state index contributed by atoms with van der Waals surface area (Å²) in [6.45, 7) is 0.264. The fourth-order valence-corrected chi connectivity index (χ4v) is 6.13. The topological polar surface area (TPSA) is 67.8 Å². The molecule has 0 spiro atoms. The van der Waals surface area contributed by atoms with Crippen molar-refractivity contribution in [1.82, 2.24) is 0 Å². The first-order valence-corrected chi connectivity index (χ1v) is 9.73. The number of anilines is 1. The van der Waals surface area contributed by atoms with E-state index in [4.69, 9.17) is 9.47 Å². The van der Waals surface area contributed by atoms with Crippen LogP contribution in [0.4, 0.5) is 5.69 Å². The molecule has 2 saturated carbocycles. The third kappa shape index (κ3) is 2.08. The van der Waals surface area contributed by atoms with Crippen molar-refractivity contribution in [2.24, 2.45) is 17.8 Å². The lowest BCUT2D eigenvalue weighted by atomic mass is 9.67. The van der Waals surface area contributed by atoms with E-state index in [1.165, 1.54) is 24.8 Å². The maximum Gasteiger partial charge on any atom is 0.337 e. The van der Waals surface area contributed by atoms with Crippen LogP contribution < -0.4 is 14.8 Å². The van der Waals surface area contributed by atoms with Crippen molar-refractivity contribution in [3.8, 4) is 11.5 Å². The molecule has 5 nitrogen and oxygen atoms in total. The quantitative estimate of drug-likeness (QED) is 0.827. The molecule has 2 bridgehead atoms. The number of ether oxygens (including phenoxy) is 2. The van der Waals surface area contributed by atoms with Gasteiger partial charge in [-0.3, -0.25) is 0 Å². The summed E-state index contributed by atoms with van der Waals surface area (Å²) < 4.78 is 11.1. The van der Waals surface area contributed by atoms with Crippen LogP contribution in [-0.2, 0) is 0 Å². The van der Waals surface area contributed by atoms with Gasteiger partial charge in [-0.05, 0) is 72.3 Å². The molecule has 2 aliphatic heterocycles. The highest BCUT2D eigenvalue weighted by Crippen LogP contribution is 2.64. The summed E-state index contributed by atoms with van der Waals surface area (Å²) >= 11 is 0. The van der Waals surface area contributed by atoms with Crippen LogP contribution in [0.2, 0.25) is 0 Å². The summed E-state index contributed by atoms with van der Waals surface area (Å²) in [6.07, 6.45) is 3.80. The molecule has 0 radical (unpaired) electrons. The zero-order chi connectivity index (χ0) is 18.1. The van der Waals surface area contributed by atoms with Gasteiger partial charge in [-0.15, -0.1) is 0 Å². The Balaban J connectivity index is 1.51. The largest absolute Gasteiger partial charge is 0.478 e. The molecule has 2 N–H and O–H groups in total. The van der Waals surface area contributed by atoms with Crippen molar-refractivity contribution in [3.05, 3.63) is 53.1 Å². The minimum Gasteiger partial charge on any atom is -0.478 e. The Labute approximate surface area is 157 Å². The fraction of sp³-hybridized carbons (Fsp3) is 0.409. The standard InChI is InChI=1S/C22H21NO4/c24-22(25)15-3-1-2-14-18-11-4-5-12(8-11)19(18)20(23-21(14)15)13-6-7-16-17(9-13)27-10-26-16/h1-3,6-7,9,11-12,18-20,23H,4-5,8,10H2,(H,24,25). The number of carbonyl (C=O) groups is 1. The van der Waals surface area contributed by atoms with E-state index >= 15 is 0 Å². The van der Waals surface area contributed by atoms with E-state index in [9.17, 15) is 9.90 Å². The molecule has 2 aliphatic carbocycles. The second kappa shape index (κ2) is 5.41. The SMILES string of the molecule is O=C(O)c1cccc2c1NC(c1ccc3c(c1)OCO3)C1C3CCC(C3)C21. The third-order valence-electron chi connectivity index (χ3n) is 7.11. The molecule has 2 aromatic rings. The van der Waals surface area contributed by atoms with E-state index in [1.807, 2.05) is 12.1 Å². The molecule has 2 fully saturated rings. The van der Waals surface area contributed by atoms with Crippen molar-refractivity contribution in [2.75, 3.05) is 12.1 Å². The molecule has 0 saturated heterocycles. The first-order chi connectivity index (χ1) is 13.2. The number of nitrogens with one attached hydrogen (secondary N) is 1. The molecule has 2 heterocycles. The molecule has 2 aromatic carbocycles. The minimum atomic E-state index is -0.870. The van der Waals surface area contributed by atoms with E-state index in [2.05, 4.69) is 23.5 Å². The number of fused-ring (bicyclic) bond motifs is 8. The maximum atomic E-state index is 11.8. The Kier molecular flexibility index (Phi) is 3.08. The number of carboxylic acid groups (broad SMARTS) is 1. The van der Waals surface area contributed by atoms with Crippen LogP contribution in [-0.4, -0.2) is 17.9 Å². The zero-order valence-corrected chi connectivity index (χ0v) is 14.9. The predicted octanol–water partition coefficient (Wildman–Crippen LogP) is 4.41. The number of para-hydroxylation sites is 1. The fourth-order valence-electron chi connectivity index (χ4n) is 6.13. The van der Waals surface area contributed by atoms with Crippen molar-refractivity contribution >= 4 is 11.7 Å². The molecule has 0 aromatic heterocycles. The van der Waals surface area contributed by atoms with Crippen LogP contribution >= 0.6 is 0 Å². The van der Waals surface area contributed by atoms with Crippen LogP contribution in [0.1, 0.15) is 52.7 Å². The Morgan fingerprint density at radius 1 is 1.07 bits per heavy atom. The highest BCUT2D eigenvalue weighted by molar-refractivity contribution is 5.95. The summed E-state index contributed by atoms with van der Waals surface area (Å²) in [5.41, 5.74) is 3.54. The van der Waals surface area contributed by atoms with Crippen LogP contribution in [0.5, 0.6) is 11.5 Å². The molecule has 4 aliphatic rings. The molecular weight excluding hydrogens is 342 g/mol. The maximum absolute atomic E-state index is 11.8. The smallest absolute Gasteiger partial charge is 0.337 e. The first-order valence-electron chi connectivity index (χ1n) is 9.73. The second-order valence-corrected chi connectivity index (χ2v) is 8.25. The van der Waals surface area contributed by atoms with E-state index in [0.717, 1.165) is 22.7 Å². The lowest BCUT2D eigenvalue weighted by Gasteiger charge is -2.44. The molecule has 5 unspecified atom stereocenters. The Morgan fingerprint density at radius 2 is 1.93 bits per heavy atom. The predicted molar refractivity (Wildman–Crippen MR) is 99.4 cm³/mol. The normalized spacial score (nSPS) is 31.9. The monoisotopic (exact) mass is 363 g/mol. The van der Waals surface area contributed by atoms with Gasteiger partial charge in [-0.25, -0.2) is 4.79 Å². The van der Waals surface area contributed by atoms with Gasteiger partial charge in [0, 0.05) is 0 Å². The summed E-state index contributed by atoms with van der Waals surface area (Å²) in [5, 5.41) is 13.4. The van der Waals surface area contributed by atoms with E-state index in [1.54, 1.807) is 6.07 Å². The second-order valence-electron chi connectivity index (χ2n) is 8.25. The average Bonchev–Trinajstić information content (AvgIpc) is 3.42. The van der Waals surface area contributed by atoms with Gasteiger partial charge in [0.15, 0.2) is 11.5 Å². The van der Waals surface area contributed by atoms with Gasteiger partial charge in [0.25, 0.3) is 0 Å². The highest BCUT2D eigenvalue weighted by Gasteiger charge is 2.54. The van der Waals surface area contributed by atoms with Gasteiger partial charge in [0.2, 0.25) is 6.79 Å². The summed E-state index contributed by atoms with van der Waals surface area (Å²) in [5.74, 6) is 3.00. The molecule has 5 heteroatoms. The molecule has 5 atom stereocenters. The molecular formula is C22H21NO4. The van der Waals surface area contributed by atoms with Gasteiger partial charge in [-0.1, -0.05) is 18.2 Å². The van der Waals surface area contributed by atoms with Gasteiger partial charge < -0.3 is 19.9 Å². The van der Waals surface area contributed by atoms with Crippen molar-refractivity contribution < 1.29 is 19.4 Å². The molecule has 138 valence electrons. The first kappa shape index (κ1) is 15.4. The van der Waals surface area contributed by atoms with Gasteiger partial charge in [-0.2, -0.15) is 0 Å². The van der Waals surface area contributed by atoms with Crippen LogP contribution in [0.25, 0.3) is 0 Å². The Hall–Kier alpha value is -2.69. The third-order valence-corrected chi connectivity index (χ3v) is 7.11. The number of rotatable bonds is 2. The van der Waals surface area contributed by atoms with Crippen LogP contribution in [0.15, 0.2) is 36.4 Å². The van der Waals surface area contributed by atoms with E-state index in [0.29, 0.717) is 29.2 Å². The van der Waals surface area contributed by atoms with E-state index in [-0.39, 0.29) is 12.8 Å². The molecule has 6 rings (SSSR count). The van der Waals surface area contributed by atoms with Crippen molar-refractivity contribution in [2.45, 2.75) is 31.2 Å². The number of hydrogen-bond donors (Lipinski definition) is 2. The zero-order valence-electron chi connectivity index (χ0n) is 14.9. The van der Waals surface area contributed by atoms with Gasteiger partial charge in [0.05, 0.1) is 17.3 Å². The summed E-state index contributed by atoms with van der Waals surface area (Å²) in [4.78, 5) is 11.8. The lowest BCUT2D eigenvalue weighted by molar-refractivity contribution is 0.0697. The molecule has 0 amide bonds. The van der Waals surface area contributed by atoms with Crippen LogP contribution in [0, 0.1) is 17.8 Å². The highest BCUT2D eigenvalue weighted by atomic mass is 16.7. The van der Waals surface area contributed by atoms with Crippen molar-refractivity contribution in [3.63, 3.8) is 0 Å². The number of carboxylic acids is 1. The minimum absolute atomic E-state index is 0.104. The Bertz CT molecular complexity index is 955. The Morgan fingerprint density at radius 3 is 2.81 bits per heavy atom. The molecule has 27 heavy (non-hydrogen) atoms. The average molecular weight is 363 g/mol. The van der Waals surface area contributed by atoms with E-state index < -0.39 is 5.97 Å². The lowest BCUT2D eigenvalue weighted by Crippen LogP contribution is -2.36. The van der Waals surface area contributed by atoms with Crippen molar-refractivity contribution in [1.29, 1.82) is 0 Å². The van der Waals surface area contributed by atoms with Gasteiger partial charge >= 0.3 is 5.97 Å². The number of hydrogen-bond acceptors (Lipinski definition) is 4. The summed E-state index contributed by atoms with van der Waals surface area (Å²) in [7, 11) is 0. The summed E-state index contributed by atoms with van der Waals surface area (Å²) in [6, 6.07) is 12.0. The van der Waals surface area contributed by atoms with Gasteiger partial charge in [0.1, 0.15) is 0 Å². The van der Waals surface area contributed by atoms with Crippen LogP contribution in [0.3, 0.4) is 0 Å².